The number of ether oxygens (including phenoxy) is 2. The van der Waals surface area contributed by atoms with Crippen molar-refractivity contribution < 1.29 is 14.3 Å². The van der Waals surface area contributed by atoms with Crippen LogP contribution in [0.15, 0.2) is 36.9 Å². The van der Waals surface area contributed by atoms with Gasteiger partial charge in [-0.2, -0.15) is 0 Å². The zero-order valence-corrected chi connectivity index (χ0v) is 15.1. The van der Waals surface area contributed by atoms with Gasteiger partial charge in [-0.3, -0.25) is 0 Å². The molecule has 0 bridgehead atoms. The molecule has 1 aliphatic carbocycles. The Balaban J connectivity index is 1.51. The third kappa shape index (κ3) is 4.91. The highest BCUT2D eigenvalue weighted by atomic mass is 16.5. The molecule has 3 rings (SSSR count). The Kier molecular flexibility index (Phi) is 6.35. The number of imidazole rings is 1. The van der Waals surface area contributed by atoms with E-state index >= 15 is 0 Å². The Morgan fingerprint density at radius 3 is 2.92 bits per heavy atom. The molecule has 1 saturated carbocycles. The molecule has 0 radical (unpaired) electrons. The predicted octanol–water partition coefficient (Wildman–Crippen LogP) is 3.42. The number of hydrogen-bond acceptors (Lipinski definition) is 4. The number of methoxy groups -OCH3 is 1. The number of aryl methyl sites for hydroxylation is 1. The van der Waals surface area contributed by atoms with Crippen LogP contribution in [-0.2, 0) is 6.54 Å². The number of carbonyl (C=O) groups is 1. The maximum Gasteiger partial charge on any atom is 0.319 e. The number of amides is 2. The van der Waals surface area contributed by atoms with Crippen molar-refractivity contribution in [2.75, 3.05) is 19.0 Å². The van der Waals surface area contributed by atoms with Gasteiger partial charge in [0.05, 0.1) is 25.2 Å². The highest BCUT2D eigenvalue weighted by Gasteiger charge is 2.20. The lowest BCUT2D eigenvalue weighted by molar-refractivity contribution is 0.201. The van der Waals surface area contributed by atoms with Crippen molar-refractivity contribution in [3.8, 4) is 11.5 Å². The second-order valence-corrected chi connectivity index (χ2v) is 6.40. The summed E-state index contributed by atoms with van der Waals surface area (Å²) >= 11 is 0. The van der Waals surface area contributed by atoms with E-state index in [1.807, 2.05) is 29.0 Å². The van der Waals surface area contributed by atoms with Gasteiger partial charge in [0.25, 0.3) is 0 Å². The molecule has 0 aliphatic heterocycles. The number of nitrogens with one attached hydrogen (secondary N) is 2. The molecule has 26 heavy (non-hydrogen) atoms. The van der Waals surface area contributed by atoms with Crippen LogP contribution in [0.2, 0.25) is 0 Å². The molecule has 7 heteroatoms. The van der Waals surface area contributed by atoms with Crippen LogP contribution in [0.4, 0.5) is 10.5 Å². The number of nitrogens with zero attached hydrogens (tertiary/aromatic N) is 2. The van der Waals surface area contributed by atoms with Crippen molar-refractivity contribution in [1.82, 2.24) is 14.9 Å². The number of hydrogen-bond donors (Lipinski definition) is 2. The Bertz CT molecular complexity index is 697. The molecule has 1 fully saturated rings. The van der Waals surface area contributed by atoms with Crippen LogP contribution in [0.1, 0.15) is 32.1 Å². The summed E-state index contributed by atoms with van der Waals surface area (Å²) in [4.78, 5) is 16.2. The quantitative estimate of drug-likeness (QED) is 0.709. The molecular formula is C19H26N4O3. The van der Waals surface area contributed by atoms with Crippen LogP contribution < -0.4 is 20.1 Å². The first-order valence-electron chi connectivity index (χ1n) is 9.10. The third-order valence-corrected chi connectivity index (χ3v) is 4.46. The molecule has 2 N–H and O–H groups in total. The third-order valence-electron chi connectivity index (χ3n) is 4.46. The molecule has 140 valence electrons. The maximum absolute atomic E-state index is 12.2. The van der Waals surface area contributed by atoms with Crippen molar-refractivity contribution in [2.24, 2.45) is 0 Å². The molecule has 1 aromatic carbocycles. The number of para-hydroxylation sites is 1. The summed E-state index contributed by atoms with van der Waals surface area (Å²) in [7, 11) is 1.59. The molecule has 2 amide bonds. The summed E-state index contributed by atoms with van der Waals surface area (Å²) in [6, 6.07) is 5.30. The van der Waals surface area contributed by atoms with Gasteiger partial charge >= 0.3 is 6.03 Å². The highest BCUT2D eigenvalue weighted by Crippen LogP contribution is 2.37. The second kappa shape index (κ2) is 9.12. The summed E-state index contributed by atoms with van der Waals surface area (Å²) in [6.45, 7) is 1.39. The van der Waals surface area contributed by atoms with Gasteiger partial charge in [-0.1, -0.05) is 6.07 Å². The molecule has 1 aliphatic rings. The van der Waals surface area contributed by atoms with Crippen molar-refractivity contribution >= 4 is 11.7 Å². The molecule has 0 atom stereocenters. The van der Waals surface area contributed by atoms with E-state index in [0.29, 0.717) is 23.7 Å². The summed E-state index contributed by atoms with van der Waals surface area (Å²) < 4.78 is 13.5. The molecular weight excluding hydrogens is 332 g/mol. The topological polar surface area (TPSA) is 77.4 Å². The smallest absolute Gasteiger partial charge is 0.319 e. The lowest BCUT2D eigenvalue weighted by Gasteiger charge is -2.18. The van der Waals surface area contributed by atoms with Crippen LogP contribution in [0, 0.1) is 0 Å². The zero-order valence-electron chi connectivity index (χ0n) is 15.1. The number of rotatable bonds is 8. The minimum Gasteiger partial charge on any atom is -0.491 e. The SMILES string of the molecule is COc1c(NC(=O)NCCCn2ccnc2)cccc1OC1CCCC1. The van der Waals surface area contributed by atoms with Crippen LogP contribution in [0.5, 0.6) is 11.5 Å². The Morgan fingerprint density at radius 2 is 2.19 bits per heavy atom. The fourth-order valence-electron chi connectivity index (χ4n) is 3.15. The van der Waals surface area contributed by atoms with E-state index in [9.17, 15) is 4.79 Å². The lowest BCUT2D eigenvalue weighted by Crippen LogP contribution is -2.30. The molecule has 0 unspecified atom stereocenters. The van der Waals surface area contributed by atoms with E-state index in [1.165, 1.54) is 12.8 Å². The number of urea groups is 1. The first-order valence-corrected chi connectivity index (χ1v) is 9.10. The van der Waals surface area contributed by atoms with Crippen molar-refractivity contribution in [2.45, 2.75) is 44.8 Å². The van der Waals surface area contributed by atoms with Crippen molar-refractivity contribution in [3.63, 3.8) is 0 Å². The standard InChI is InChI=1S/C19H26N4O3/c1-25-18-16(8-4-9-17(18)26-15-6-2-3-7-15)22-19(24)21-10-5-12-23-13-11-20-14-23/h4,8-9,11,13-15H,2-3,5-7,10,12H2,1H3,(H2,21,22,24). The van der Waals surface area contributed by atoms with E-state index < -0.39 is 0 Å². The van der Waals surface area contributed by atoms with Crippen molar-refractivity contribution in [1.29, 1.82) is 0 Å². The Labute approximate surface area is 153 Å². The average molecular weight is 358 g/mol. The van der Waals surface area contributed by atoms with Gasteiger partial charge in [0.2, 0.25) is 0 Å². The minimum atomic E-state index is -0.257. The van der Waals surface area contributed by atoms with Crippen LogP contribution in [0.25, 0.3) is 0 Å². The summed E-state index contributed by atoms with van der Waals surface area (Å²) in [5.41, 5.74) is 0.607. The van der Waals surface area contributed by atoms with Gasteiger partial charge in [-0.05, 0) is 44.2 Å². The van der Waals surface area contributed by atoms with E-state index in [4.69, 9.17) is 9.47 Å². The zero-order chi connectivity index (χ0) is 18.2. The van der Waals surface area contributed by atoms with Gasteiger partial charge < -0.3 is 24.7 Å². The molecule has 0 saturated heterocycles. The predicted molar refractivity (Wildman–Crippen MR) is 99.7 cm³/mol. The number of carbonyl (C=O) groups excluding carboxylic acids is 1. The lowest BCUT2D eigenvalue weighted by atomic mass is 10.2. The van der Waals surface area contributed by atoms with Gasteiger partial charge in [-0.25, -0.2) is 9.78 Å². The molecule has 0 spiro atoms. The first-order chi connectivity index (χ1) is 12.8. The molecule has 7 nitrogen and oxygen atoms in total. The number of benzene rings is 1. The Morgan fingerprint density at radius 1 is 1.35 bits per heavy atom. The monoisotopic (exact) mass is 358 g/mol. The second-order valence-electron chi connectivity index (χ2n) is 6.40. The van der Waals surface area contributed by atoms with Crippen molar-refractivity contribution in [3.05, 3.63) is 36.9 Å². The summed E-state index contributed by atoms with van der Waals surface area (Å²) in [6.07, 6.45) is 11.0. The fourth-order valence-corrected chi connectivity index (χ4v) is 3.15. The summed E-state index contributed by atoms with van der Waals surface area (Å²) in [5.74, 6) is 1.24. The average Bonchev–Trinajstić information content (AvgIpc) is 3.33. The van der Waals surface area contributed by atoms with Gasteiger partial charge in [0, 0.05) is 25.5 Å². The van der Waals surface area contributed by atoms with Gasteiger partial charge in [0.15, 0.2) is 11.5 Å². The van der Waals surface area contributed by atoms with Crippen LogP contribution in [0.3, 0.4) is 0 Å². The van der Waals surface area contributed by atoms with E-state index in [-0.39, 0.29) is 12.1 Å². The van der Waals surface area contributed by atoms with Crippen LogP contribution >= 0.6 is 0 Å². The number of anilines is 1. The van der Waals surface area contributed by atoms with E-state index in [0.717, 1.165) is 25.8 Å². The molecule has 2 aromatic rings. The first kappa shape index (κ1) is 18.1. The van der Waals surface area contributed by atoms with Gasteiger partial charge in [-0.15, -0.1) is 0 Å². The number of aromatic nitrogens is 2. The summed E-state index contributed by atoms with van der Waals surface area (Å²) in [5, 5.41) is 5.70. The van der Waals surface area contributed by atoms with E-state index in [2.05, 4.69) is 15.6 Å². The maximum atomic E-state index is 12.2. The van der Waals surface area contributed by atoms with Gasteiger partial charge in [0.1, 0.15) is 0 Å². The van der Waals surface area contributed by atoms with E-state index in [1.54, 1.807) is 19.6 Å². The fraction of sp³-hybridized carbons (Fsp3) is 0.474. The largest absolute Gasteiger partial charge is 0.491 e. The van der Waals surface area contributed by atoms with Crippen LogP contribution in [-0.4, -0.2) is 35.3 Å². The minimum absolute atomic E-state index is 0.233. The molecule has 1 aromatic heterocycles. The Hall–Kier alpha value is -2.70. The normalized spacial score (nSPS) is 14.2. The molecule has 1 heterocycles. The highest BCUT2D eigenvalue weighted by molar-refractivity contribution is 5.91.